The topological polar surface area (TPSA) is 51.0 Å². The number of hydrogen-bond acceptors (Lipinski definition) is 4. The van der Waals surface area contributed by atoms with Crippen molar-refractivity contribution in [2.45, 2.75) is 43.6 Å². The molecule has 1 amide bonds. The van der Waals surface area contributed by atoms with Crippen LogP contribution in [0.5, 0.6) is 0 Å². The first kappa shape index (κ1) is 18.7. The molecular weight excluding hydrogens is 368 g/mol. The Hall–Kier alpha value is -2.60. The average Bonchev–Trinajstić information content (AvgIpc) is 3.32. The highest BCUT2D eigenvalue weighted by Gasteiger charge is 2.29. The lowest BCUT2D eigenvalue weighted by atomic mass is 10.1. The van der Waals surface area contributed by atoms with Gasteiger partial charge in [0, 0.05) is 25.2 Å². The average molecular weight is 393 g/mol. The van der Waals surface area contributed by atoms with Crippen molar-refractivity contribution >= 4 is 23.4 Å². The molecule has 3 aromatic rings. The molecule has 28 heavy (non-hydrogen) atoms. The van der Waals surface area contributed by atoms with Gasteiger partial charge in [-0.15, -0.1) is 10.2 Å². The van der Waals surface area contributed by atoms with E-state index in [9.17, 15) is 4.79 Å². The normalized spacial score (nSPS) is 14.1. The number of carbonyl (C=O) groups excluding carboxylic acids is 1. The number of rotatable bonds is 6. The second-order valence-electron chi connectivity index (χ2n) is 6.93. The lowest BCUT2D eigenvalue weighted by molar-refractivity contribution is -0.117. The van der Waals surface area contributed by atoms with Crippen molar-refractivity contribution in [3.8, 4) is 0 Å². The quantitative estimate of drug-likeness (QED) is 0.596. The van der Waals surface area contributed by atoms with E-state index in [4.69, 9.17) is 0 Å². The van der Waals surface area contributed by atoms with E-state index in [0.717, 1.165) is 42.6 Å². The fraction of sp³-hybridized carbons (Fsp3) is 0.318. The molecule has 0 bridgehead atoms. The Balaban J connectivity index is 1.49. The van der Waals surface area contributed by atoms with Crippen LogP contribution in [0.2, 0.25) is 0 Å². The zero-order valence-corrected chi connectivity index (χ0v) is 17.0. The van der Waals surface area contributed by atoms with Gasteiger partial charge in [0.15, 0.2) is 5.16 Å². The van der Waals surface area contributed by atoms with Gasteiger partial charge >= 0.3 is 0 Å². The summed E-state index contributed by atoms with van der Waals surface area (Å²) in [6.07, 6.45) is 1.66. The number of nitrogens with zero attached hydrogens (tertiary/aromatic N) is 4. The number of hydrogen-bond donors (Lipinski definition) is 0. The van der Waals surface area contributed by atoms with E-state index in [1.54, 1.807) is 0 Å². The molecule has 4 rings (SSSR count). The van der Waals surface area contributed by atoms with Crippen molar-refractivity contribution in [3.63, 3.8) is 0 Å². The third-order valence-electron chi connectivity index (χ3n) is 5.10. The summed E-state index contributed by atoms with van der Waals surface area (Å²) in [4.78, 5) is 15.0. The van der Waals surface area contributed by atoms with Gasteiger partial charge in [-0.05, 0) is 37.5 Å². The minimum absolute atomic E-state index is 0.130. The molecule has 6 heteroatoms. The SMILES string of the molecule is CCn1c(Cc2ccccc2)nnc1SC(C)C(=O)N1CCc2ccccc21. The Morgan fingerprint density at radius 3 is 2.64 bits per heavy atom. The van der Waals surface area contributed by atoms with Crippen molar-refractivity contribution < 1.29 is 4.79 Å². The summed E-state index contributed by atoms with van der Waals surface area (Å²) in [5.74, 6) is 1.06. The van der Waals surface area contributed by atoms with Crippen molar-refractivity contribution in [1.29, 1.82) is 0 Å². The molecule has 1 aliphatic heterocycles. The van der Waals surface area contributed by atoms with E-state index in [1.165, 1.54) is 22.9 Å². The van der Waals surface area contributed by atoms with Gasteiger partial charge in [-0.3, -0.25) is 4.79 Å². The molecule has 2 aromatic carbocycles. The predicted octanol–water partition coefficient (Wildman–Crippen LogP) is 3.96. The monoisotopic (exact) mass is 392 g/mol. The van der Waals surface area contributed by atoms with E-state index < -0.39 is 0 Å². The highest BCUT2D eigenvalue weighted by molar-refractivity contribution is 8.00. The Bertz CT molecular complexity index is 970. The van der Waals surface area contributed by atoms with Gasteiger partial charge in [0.25, 0.3) is 0 Å². The maximum absolute atomic E-state index is 13.1. The number of thioether (sulfide) groups is 1. The highest BCUT2D eigenvalue weighted by Crippen LogP contribution is 2.31. The molecule has 0 spiro atoms. The first-order valence-electron chi connectivity index (χ1n) is 9.69. The van der Waals surface area contributed by atoms with Crippen LogP contribution in [0.25, 0.3) is 0 Å². The molecule has 5 nitrogen and oxygen atoms in total. The van der Waals surface area contributed by atoms with Crippen LogP contribution in [-0.4, -0.2) is 32.5 Å². The molecule has 0 fully saturated rings. The Labute approximate surface area is 169 Å². The Morgan fingerprint density at radius 1 is 1.11 bits per heavy atom. The van der Waals surface area contributed by atoms with Gasteiger partial charge in [0.2, 0.25) is 5.91 Å². The summed E-state index contributed by atoms with van der Waals surface area (Å²) in [5, 5.41) is 9.37. The molecule has 0 N–H and O–H groups in total. The zero-order valence-electron chi connectivity index (χ0n) is 16.2. The van der Waals surface area contributed by atoms with Crippen LogP contribution in [0.3, 0.4) is 0 Å². The summed E-state index contributed by atoms with van der Waals surface area (Å²) in [6, 6.07) is 18.4. The number of anilines is 1. The lowest BCUT2D eigenvalue weighted by Crippen LogP contribution is -2.35. The van der Waals surface area contributed by atoms with Crippen LogP contribution in [-0.2, 0) is 24.2 Å². The first-order valence-corrected chi connectivity index (χ1v) is 10.6. The van der Waals surface area contributed by atoms with Crippen molar-refractivity contribution in [2.75, 3.05) is 11.4 Å². The Morgan fingerprint density at radius 2 is 1.86 bits per heavy atom. The van der Waals surface area contributed by atoms with Gasteiger partial charge in [0.05, 0.1) is 5.25 Å². The second kappa shape index (κ2) is 8.19. The van der Waals surface area contributed by atoms with Crippen LogP contribution < -0.4 is 4.90 Å². The van der Waals surface area contributed by atoms with Crippen LogP contribution >= 0.6 is 11.8 Å². The van der Waals surface area contributed by atoms with Gasteiger partial charge in [-0.25, -0.2) is 0 Å². The van der Waals surface area contributed by atoms with Gasteiger partial charge in [0.1, 0.15) is 5.82 Å². The lowest BCUT2D eigenvalue weighted by Gasteiger charge is -2.21. The van der Waals surface area contributed by atoms with Crippen LogP contribution in [0.15, 0.2) is 59.8 Å². The number of para-hydroxylation sites is 1. The van der Waals surface area contributed by atoms with Crippen LogP contribution in [0.4, 0.5) is 5.69 Å². The molecule has 1 unspecified atom stereocenters. The molecule has 0 saturated carbocycles. The largest absolute Gasteiger partial charge is 0.311 e. The molecule has 0 aliphatic carbocycles. The molecule has 1 aromatic heterocycles. The number of fused-ring (bicyclic) bond motifs is 1. The maximum Gasteiger partial charge on any atom is 0.240 e. The predicted molar refractivity (Wildman–Crippen MR) is 113 cm³/mol. The van der Waals surface area contributed by atoms with Crippen LogP contribution in [0.1, 0.15) is 30.8 Å². The molecular formula is C22H24N4OS. The summed E-state index contributed by atoms with van der Waals surface area (Å²) < 4.78 is 2.11. The van der Waals surface area contributed by atoms with Crippen molar-refractivity contribution in [1.82, 2.24) is 14.8 Å². The van der Waals surface area contributed by atoms with E-state index in [2.05, 4.69) is 39.9 Å². The summed E-state index contributed by atoms with van der Waals surface area (Å²) in [7, 11) is 0. The van der Waals surface area contributed by atoms with Crippen LogP contribution in [0, 0.1) is 0 Å². The minimum atomic E-state index is -0.217. The number of carbonyl (C=O) groups is 1. The molecule has 0 radical (unpaired) electrons. The second-order valence-corrected chi connectivity index (χ2v) is 8.24. The standard InChI is InChI=1S/C22H24N4OS/c1-3-25-20(15-17-9-5-4-6-10-17)23-24-22(25)28-16(2)21(27)26-14-13-18-11-7-8-12-19(18)26/h4-12,16H,3,13-15H2,1-2H3. The number of aromatic nitrogens is 3. The van der Waals surface area contributed by atoms with E-state index in [1.807, 2.05) is 48.2 Å². The van der Waals surface area contributed by atoms with Crippen molar-refractivity contribution in [3.05, 3.63) is 71.5 Å². The minimum Gasteiger partial charge on any atom is -0.311 e. The van der Waals surface area contributed by atoms with E-state index >= 15 is 0 Å². The third-order valence-corrected chi connectivity index (χ3v) is 6.17. The molecule has 2 heterocycles. The van der Waals surface area contributed by atoms with Gasteiger partial charge in [-0.2, -0.15) is 0 Å². The number of benzene rings is 2. The molecule has 1 atom stereocenters. The first-order chi connectivity index (χ1) is 13.7. The smallest absolute Gasteiger partial charge is 0.240 e. The van der Waals surface area contributed by atoms with Crippen molar-refractivity contribution in [2.24, 2.45) is 0 Å². The highest BCUT2D eigenvalue weighted by atomic mass is 32.2. The van der Waals surface area contributed by atoms with E-state index in [0.29, 0.717) is 0 Å². The fourth-order valence-corrected chi connectivity index (χ4v) is 4.62. The zero-order chi connectivity index (χ0) is 19.5. The van der Waals surface area contributed by atoms with E-state index in [-0.39, 0.29) is 11.2 Å². The molecule has 0 saturated heterocycles. The maximum atomic E-state index is 13.1. The molecule has 144 valence electrons. The Kier molecular flexibility index (Phi) is 5.48. The fourth-order valence-electron chi connectivity index (χ4n) is 3.63. The summed E-state index contributed by atoms with van der Waals surface area (Å²) in [6.45, 7) is 5.58. The molecule has 1 aliphatic rings. The van der Waals surface area contributed by atoms with Gasteiger partial charge < -0.3 is 9.47 Å². The van der Waals surface area contributed by atoms with Gasteiger partial charge in [-0.1, -0.05) is 60.3 Å². The summed E-state index contributed by atoms with van der Waals surface area (Å²) >= 11 is 1.49. The summed E-state index contributed by atoms with van der Waals surface area (Å²) in [5.41, 5.74) is 3.50. The third kappa shape index (κ3) is 3.69. The number of amides is 1.